The number of rotatable bonds is 7. The van der Waals surface area contributed by atoms with Crippen LogP contribution < -0.4 is 15.4 Å². The summed E-state index contributed by atoms with van der Waals surface area (Å²) in [4.78, 5) is 14.8. The predicted molar refractivity (Wildman–Crippen MR) is 126 cm³/mol. The molecule has 2 heterocycles. The van der Waals surface area contributed by atoms with Crippen molar-refractivity contribution in [3.05, 3.63) is 62.6 Å². The normalized spacial score (nSPS) is 21.4. The average Bonchev–Trinajstić information content (AvgIpc) is 3.42. The van der Waals surface area contributed by atoms with Gasteiger partial charge >= 0.3 is 0 Å². The van der Waals surface area contributed by atoms with Gasteiger partial charge in [0.15, 0.2) is 0 Å². The zero-order valence-electron chi connectivity index (χ0n) is 17.2. The van der Waals surface area contributed by atoms with Gasteiger partial charge in [-0.05, 0) is 61.7 Å². The molecular weight excluding hydrogens is 457 g/mol. The number of carbonyl (C=O) groups excluding carboxylic acids is 1. The molecule has 2 atom stereocenters. The number of halogens is 3. The molecule has 2 unspecified atom stereocenters. The van der Waals surface area contributed by atoms with E-state index in [1.807, 2.05) is 12.1 Å². The van der Waals surface area contributed by atoms with Crippen LogP contribution in [-0.4, -0.2) is 55.7 Å². The minimum Gasteiger partial charge on any atom is -0.487 e. The summed E-state index contributed by atoms with van der Waals surface area (Å²) in [6.45, 7) is 4.57. The maximum absolute atomic E-state index is 12.5. The van der Waals surface area contributed by atoms with E-state index in [9.17, 15) is 4.79 Å². The fourth-order valence-corrected chi connectivity index (χ4v) is 4.60. The summed E-state index contributed by atoms with van der Waals surface area (Å²) in [5.74, 6) is 0.635. The number of hydrogen-bond donors (Lipinski definition) is 2. The predicted octanol–water partition coefficient (Wildman–Crippen LogP) is 4.43. The Kier molecular flexibility index (Phi) is 7.62. The molecule has 0 saturated carbocycles. The Hall–Kier alpha value is -1.50. The van der Waals surface area contributed by atoms with Crippen molar-refractivity contribution in [1.29, 1.82) is 0 Å². The van der Waals surface area contributed by atoms with E-state index in [2.05, 4.69) is 21.6 Å². The van der Waals surface area contributed by atoms with E-state index in [1.54, 1.807) is 18.2 Å². The topological polar surface area (TPSA) is 53.6 Å². The number of hydrogen-bond acceptors (Lipinski definition) is 4. The standard InChI is InChI=1S/C23H26Cl3N3O2/c24-19-3-2-16(12-20(19)25)23(30)28-17-7-10-29(14-17)9-6-15-1-4-22(21(26)11-15)31-18-5-8-27-13-18/h1-4,11-12,17-18,27H,5-10,13-14H2,(H,28,30). The largest absolute Gasteiger partial charge is 0.487 e. The quantitative estimate of drug-likeness (QED) is 0.613. The Morgan fingerprint density at radius 3 is 2.71 bits per heavy atom. The lowest BCUT2D eigenvalue weighted by atomic mass is 10.1. The zero-order valence-corrected chi connectivity index (χ0v) is 19.4. The molecule has 2 aliphatic heterocycles. The molecule has 0 spiro atoms. The third-order valence-electron chi connectivity index (χ3n) is 5.81. The van der Waals surface area contributed by atoms with E-state index in [0.29, 0.717) is 20.6 Å². The Labute approximate surface area is 198 Å². The number of benzene rings is 2. The van der Waals surface area contributed by atoms with Crippen molar-refractivity contribution in [2.24, 2.45) is 0 Å². The fraction of sp³-hybridized carbons (Fsp3) is 0.435. The van der Waals surface area contributed by atoms with Crippen LogP contribution in [0, 0.1) is 0 Å². The second-order valence-corrected chi connectivity index (χ2v) is 9.36. The van der Waals surface area contributed by atoms with Gasteiger partial charge in [0.25, 0.3) is 5.91 Å². The van der Waals surface area contributed by atoms with E-state index < -0.39 is 0 Å². The van der Waals surface area contributed by atoms with Crippen molar-refractivity contribution in [3.63, 3.8) is 0 Å². The lowest BCUT2D eigenvalue weighted by Crippen LogP contribution is -2.37. The molecule has 8 heteroatoms. The van der Waals surface area contributed by atoms with Gasteiger partial charge in [-0.25, -0.2) is 0 Å². The SMILES string of the molecule is O=C(NC1CCN(CCc2ccc(OC3CCNC3)c(Cl)c2)C1)c1ccc(Cl)c(Cl)c1. The monoisotopic (exact) mass is 481 g/mol. The van der Waals surface area contributed by atoms with Crippen LogP contribution in [-0.2, 0) is 6.42 Å². The van der Waals surface area contributed by atoms with Gasteiger partial charge in [-0.3, -0.25) is 4.79 Å². The van der Waals surface area contributed by atoms with Gasteiger partial charge in [0.05, 0.1) is 15.1 Å². The number of nitrogens with one attached hydrogen (secondary N) is 2. The Morgan fingerprint density at radius 2 is 1.97 bits per heavy atom. The van der Waals surface area contributed by atoms with Crippen molar-refractivity contribution in [1.82, 2.24) is 15.5 Å². The third-order valence-corrected chi connectivity index (χ3v) is 6.85. The Bertz CT molecular complexity index is 934. The van der Waals surface area contributed by atoms with Gasteiger partial charge < -0.3 is 20.3 Å². The summed E-state index contributed by atoms with van der Waals surface area (Å²) < 4.78 is 5.98. The molecule has 2 N–H and O–H groups in total. The molecule has 31 heavy (non-hydrogen) atoms. The first kappa shape index (κ1) is 22.7. The van der Waals surface area contributed by atoms with Gasteiger partial charge in [0.1, 0.15) is 11.9 Å². The van der Waals surface area contributed by atoms with Gasteiger partial charge in [0.2, 0.25) is 0 Å². The van der Waals surface area contributed by atoms with Gasteiger partial charge in [-0.2, -0.15) is 0 Å². The average molecular weight is 483 g/mol. The van der Waals surface area contributed by atoms with E-state index >= 15 is 0 Å². The molecular formula is C23H26Cl3N3O2. The summed E-state index contributed by atoms with van der Waals surface area (Å²) in [6, 6.07) is 11.1. The van der Waals surface area contributed by atoms with E-state index in [-0.39, 0.29) is 18.1 Å². The third kappa shape index (κ3) is 6.05. The summed E-state index contributed by atoms with van der Waals surface area (Å²) in [5, 5.41) is 7.88. The molecule has 2 fully saturated rings. The first-order chi connectivity index (χ1) is 15.0. The van der Waals surface area contributed by atoms with E-state index in [0.717, 1.165) is 57.7 Å². The highest BCUT2D eigenvalue weighted by atomic mass is 35.5. The number of ether oxygens (including phenoxy) is 1. The summed E-state index contributed by atoms with van der Waals surface area (Å²) in [6.07, 6.45) is 3.04. The van der Waals surface area contributed by atoms with Crippen LogP contribution in [0.25, 0.3) is 0 Å². The highest BCUT2D eigenvalue weighted by molar-refractivity contribution is 6.42. The van der Waals surface area contributed by atoms with Gasteiger partial charge in [-0.1, -0.05) is 40.9 Å². The highest BCUT2D eigenvalue weighted by Crippen LogP contribution is 2.28. The Morgan fingerprint density at radius 1 is 1.10 bits per heavy atom. The van der Waals surface area contributed by atoms with Crippen LogP contribution >= 0.6 is 34.8 Å². The van der Waals surface area contributed by atoms with Crippen molar-refractivity contribution >= 4 is 40.7 Å². The summed E-state index contributed by atoms with van der Waals surface area (Å²) in [5.41, 5.74) is 1.71. The number of likely N-dealkylation sites (tertiary alicyclic amines) is 1. The molecule has 5 nitrogen and oxygen atoms in total. The smallest absolute Gasteiger partial charge is 0.251 e. The second kappa shape index (κ2) is 10.4. The highest BCUT2D eigenvalue weighted by Gasteiger charge is 2.24. The van der Waals surface area contributed by atoms with Gasteiger partial charge in [0, 0.05) is 37.8 Å². The van der Waals surface area contributed by atoms with Crippen LogP contribution in [0.5, 0.6) is 5.75 Å². The first-order valence-electron chi connectivity index (χ1n) is 10.6. The lowest BCUT2D eigenvalue weighted by molar-refractivity contribution is 0.0938. The Balaban J connectivity index is 1.24. The van der Waals surface area contributed by atoms with Crippen molar-refractivity contribution in [3.8, 4) is 5.75 Å². The number of carbonyl (C=O) groups is 1. The molecule has 0 aliphatic carbocycles. The van der Waals surface area contributed by atoms with Crippen molar-refractivity contribution in [2.45, 2.75) is 31.4 Å². The second-order valence-electron chi connectivity index (χ2n) is 8.14. The van der Waals surface area contributed by atoms with Crippen molar-refractivity contribution < 1.29 is 9.53 Å². The molecule has 0 aromatic heterocycles. The fourth-order valence-electron chi connectivity index (χ4n) is 4.05. The summed E-state index contributed by atoms with van der Waals surface area (Å²) in [7, 11) is 0. The molecule has 1 amide bonds. The molecule has 2 aromatic rings. The molecule has 2 saturated heterocycles. The van der Waals surface area contributed by atoms with E-state index in [1.165, 1.54) is 5.56 Å². The number of amides is 1. The van der Waals surface area contributed by atoms with Crippen LogP contribution in [0.1, 0.15) is 28.8 Å². The first-order valence-corrected chi connectivity index (χ1v) is 11.8. The number of nitrogens with zero attached hydrogens (tertiary/aromatic N) is 1. The van der Waals surface area contributed by atoms with E-state index in [4.69, 9.17) is 39.5 Å². The van der Waals surface area contributed by atoms with Crippen LogP contribution in [0.4, 0.5) is 0 Å². The molecule has 4 rings (SSSR count). The lowest BCUT2D eigenvalue weighted by Gasteiger charge is -2.18. The summed E-state index contributed by atoms with van der Waals surface area (Å²) >= 11 is 18.4. The molecule has 2 aliphatic rings. The van der Waals surface area contributed by atoms with Crippen LogP contribution in [0.2, 0.25) is 15.1 Å². The molecule has 0 bridgehead atoms. The maximum atomic E-state index is 12.5. The molecule has 166 valence electrons. The zero-order chi connectivity index (χ0) is 21.8. The van der Waals surface area contributed by atoms with Crippen molar-refractivity contribution in [2.75, 3.05) is 32.7 Å². The minimum atomic E-state index is -0.120. The molecule has 2 aromatic carbocycles. The minimum absolute atomic E-state index is 0.120. The maximum Gasteiger partial charge on any atom is 0.251 e. The van der Waals surface area contributed by atoms with Crippen LogP contribution in [0.3, 0.4) is 0 Å². The van der Waals surface area contributed by atoms with Crippen LogP contribution in [0.15, 0.2) is 36.4 Å². The van der Waals surface area contributed by atoms with Gasteiger partial charge in [-0.15, -0.1) is 0 Å². The molecule has 0 radical (unpaired) electrons.